The predicted octanol–water partition coefficient (Wildman–Crippen LogP) is 2.86. The third-order valence-corrected chi connectivity index (χ3v) is 4.90. The molecule has 1 atom stereocenters. The summed E-state index contributed by atoms with van der Waals surface area (Å²) in [7, 11) is 1.69. The molecule has 1 aromatic carbocycles. The summed E-state index contributed by atoms with van der Waals surface area (Å²) < 4.78 is 6.70. The van der Waals surface area contributed by atoms with Gasteiger partial charge in [-0.3, -0.25) is 4.57 Å². The number of aromatic nitrogens is 1. The fraction of sp³-hybridized carbons (Fsp3) is 0.267. The Bertz CT molecular complexity index is 822. The SMILES string of the molecule is Cc1cc(C(N)c2ccc3c(c2)oc(=O)n3C)sc1C. The number of hydrogen-bond donors (Lipinski definition) is 1. The first-order valence-corrected chi connectivity index (χ1v) is 7.21. The van der Waals surface area contributed by atoms with E-state index in [0.29, 0.717) is 5.58 Å². The molecular weight excluding hydrogens is 272 g/mol. The van der Waals surface area contributed by atoms with Crippen LogP contribution >= 0.6 is 11.3 Å². The average molecular weight is 288 g/mol. The first-order chi connectivity index (χ1) is 9.47. The van der Waals surface area contributed by atoms with Crippen molar-refractivity contribution in [2.24, 2.45) is 12.8 Å². The summed E-state index contributed by atoms with van der Waals surface area (Å²) in [6.07, 6.45) is 0. The molecule has 0 aliphatic rings. The van der Waals surface area contributed by atoms with E-state index < -0.39 is 0 Å². The first-order valence-electron chi connectivity index (χ1n) is 6.39. The molecule has 0 radical (unpaired) electrons. The molecule has 20 heavy (non-hydrogen) atoms. The van der Waals surface area contributed by atoms with Gasteiger partial charge in [0, 0.05) is 16.8 Å². The van der Waals surface area contributed by atoms with Crippen LogP contribution in [0.3, 0.4) is 0 Å². The minimum absolute atomic E-state index is 0.192. The Morgan fingerprint density at radius 3 is 2.70 bits per heavy atom. The van der Waals surface area contributed by atoms with Crippen molar-refractivity contribution in [3.05, 3.63) is 55.7 Å². The Labute approximate surface area is 120 Å². The molecule has 0 saturated heterocycles. The van der Waals surface area contributed by atoms with Crippen LogP contribution in [0.5, 0.6) is 0 Å². The van der Waals surface area contributed by atoms with Crippen molar-refractivity contribution in [2.45, 2.75) is 19.9 Å². The van der Waals surface area contributed by atoms with Gasteiger partial charge in [0.25, 0.3) is 0 Å². The molecule has 2 aromatic heterocycles. The van der Waals surface area contributed by atoms with E-state index in [1.165, 1.54) is 15.0 Å². The maximum atomic E-state index is 11.5. The van der Waals surface area contributed by atoms with Crippen LogP contribution in [-0.4, -0.2) is 4.57 Å². The van der Waals surface area contributed by atoms with E-state index in [-0.39, 0.29) is 11.8 Å². The lowest BCUT2D eigenvalue weighted by molar-refractivity contribution is 0.527. The van der Waals surface area contributed by atoms with Gasteiger partial charge >= 0.3 is 5.76 Å². The van der Waals surface area contributed by atoms with Gasteiger partial charge in [0.15, 0.2) is 5.58 Å². The number of hydrogen-bond acceptors (Lipinski definition) is 4. The Morgan fingerprint density at radius 2 is 2.05 bits per heavy atom. The number of nitrogens with two attached hydrogens (primary N) is 1. The lowest BCUT2D eigenvalue weighted by atomic mass is 10.1. The van der Waals surface area contributed by atoms with Crippen LogP contribution in [-0.2, 0) is 7.05 Å². The van der Waals surface area contributed by atoms with Crippen LogP contribution in [0.25, 0.3) is 11.1 Å². The van der Waals surface area contributed by atoms with Gasteiger partial charge in [0.1, 0.15) is 0 Å². The molecular formula is C15H16N2O2S. The standard InChI is InChI=1S/C15H16N2O2S/c1-8-6-13(20-9(8)2)14(16)10-4-5-11-12(7-10)19-15(18)17(11)3/h4-7,14H,16H2,1-3H3. The molecule has 0 aliphatic heterocycles. The normalized spacial score (nSPS) is 13.0. The fourth-order valence-corrected chi connectivity index (χ4v) is 3.34. The van der Waals surface area contributed by atoms with Gasteiger partial charge in [0.05, 0.1) is 11.6 Å². The zero-order valence-electron chi connectivity index (χ0n) is 11.6. The van der Waals surface area contributed by atoms with Crippen molar-refractivity contribution >= 4 is 22.4 Å². The Balaban J connectivity index is 2.07. The molecule has 0 fully saturated rings. The van der Waals surface area contributed by atoms with E-state index in [0.717, 1.165) is 16.0 Å². The lowest BCUT2D eigenvalue weighted by Gasteiger charge is -2.09. The molecule has 1 unspecified atom stereocenters. The summed E-state index contributed by atoms with van der Waals surface area (Å²) >= 11 is 1.71. The number of benzene rings is 1. The molecule has 3 rings (SSSR count). The second kappa shape index (κ2) is 4.61. The number of thiophene rings is 1. The van der Waals surface area contributed by atoms with Crippen molar-refractivity contribution < 1.29 is 4.42 Å². The summed E-state index contributed by atoms with van der Waals surface area (Å²) in [6, 6.07) is 7.61. The van der Waals surface area contributed by atoms with Gasteiger partial charge in [-0.1, -0.05) is 6.07 Å². The summed E-state index contributed by atoms with van der Waals surface area (Å²) in [6.45, 7) is 4.18. The van der Waals surface area contributed by atoms with Gasteiger partial charge in [0.2, 0.25) is 0 Å². The topological polar surface area (TPSA) is 61.2 Å². The van der Waals surface area contributed by atoms with Gasteiger partial charge in [-0.2, -0.15) is 0 Å². The second-order valence-corrected chi connectivity index (χ2v) is 6.31. The molecule has 2 heterocycles. The largest absolute Gasteiger partial charge is 0.419 e. The average Bonchev–Trinajstić information content (AvgIpc) is 2.90. The molecule has 0 amide bonds. The van der Waals surface area contributed by atoms with E-state index in [4.69, 9.17) is 10.2 Å². The van der Waals surface area contributed by atoms with Crippen LogP contribution in [0, 0.1) is 13.8 Å². The second-order valence-electron chi connectivity index (χ2n) is 5.02. The maximum Gasteiger partial charge on any atom is 0.419 e. The van der Waals surface area contributed by atoms with Gasteiger partial charge in [-0.25, -0.2) is 4.79 Å². The highest BCUT2D eigenvalue weighted by Gasteiger charge is 2.15. The maximum absolute atomic E-state index is 11.5. The first kappa shape index (κ1) is 13.1. The van der Waals surface area contributed by atoms with Gasteiger partial charge in [-0.05, 0) is 43.2 Å². The van der Waals surface area contributed by atoms with Crippen LogP contribution in [0.15, 0.2) is 33.5 Å². The Hall–Kier alpha value is -1.85. The molecule has 104 valence electrons. The lowest BCUT2D eigenvalue weighted by Crippen LogP contribution is -2.10. The van der Waals surface area contributed by atoms with Crippen molar-refractivity contribution in [1.29, 1.82) is 0 Å². The number of rotatable bonds is 2. The van der Waals surface area contributed by atoms with E-state index in [1.807, 2.05) is 18.2 Å². The molecule has 4 nitrogen and oxygen atoms in total. The van der Waals surface area contributed by atoms with Crippen molar-refractivity contribution in [3.63, 3.8) is 0 Å². The molecule has 0 saturated carbocycles. The summed E-state index contributed by atoms with van der Waals surface area (Å²) in [5, 5.41) is 0. The highest BCUT2D eigenvalue weighted by atomic mass is 32.1. The number of oxazole rings is 1. The molecule has 3 aromatic rings. The number of fused-ring (bicyclic) bond motifs is 1. The van der Waals surface area contributed by atoms with Gasteiger partial charge in [-0.15, -0.1) is 11.3 Å². The molecule has 0 spiro atoms. The van der Waals surface area contributed by atoms with Crippen LogP contribution in [0.2, 0.25) is 0 Å². The quantitative estimate of drug-likeness (QED) is 0.788. The minimum atomic E-state index is -0.353. The molecule has 0 aliphatic carbocycles. The van der Waals surface area contributed by atoms with Crippen LogP contribution in [0.1, 0.15) is 26.9 Å². The summed E-state index contributed by atoms with van der Waals surface area (Å²) in [5.74, 6) is -0.353. The van der Waals surface area contributed by atoms with E-state index in [1.54, 1.807) is 18.4 Å². The monoisotopic (exact) mass is 288 g/mol. The van der Waals surface area contributed by atoms with Crippen molar-refractivity contribution in [3.8, 4) is 0 Å². The zero-order chi connectivity index (χ0) is 14.4. The summed E-state index contributed by atoms with van der Waals surface area (Å²) in [4.78, 5) is 13.9. The predicted molar refractivity (Wildman–Crippen MR) is 81.3 cm³/mol. The summed E-state index contributed by atoms with van der Waals surface area (Å²) in [5.41, 5.74) is 9.89. The zero-order valence-corrected chi connectivity index (χ0v) is 12.5. The number of nitrogens with zero attached hydrogens (tertiary/aromatic N) is 1. The van der Waals surface area contributed by atoms with Crippen LogP contribution < -0.4 is 11.5 Å². The van der Waals surface area contributed by atoms with Gasteiger partial charge < -0.3 is 10.2 Å². The molecule has 2 N–H and O–H groups in total. The number of aryl methyl sites for hydroxylation is 3. The molecule has 5 heteroatoms. The molecule has 0 bridgehead atoms. The smallest absolute Gasteiger partial charge is 0.408 e. The fourth-order valence-electron chi connectivity index (χ4n) is 2.26. The van der Waals surface area contributed by atoms with Crippen molar-refractivity contribution in [2.75, 3.05) is 0 Å². The van der Waals surface area contributed by atoms with Crippen LogP contribution in [0.4, 0.5) is 0 Å². The Morgan fingerprint density at radius 1 is 1.30 bits per heavy atom. The van der Waals surface area contributed by atoms with Crippen molar-refractivity contribution in [1.82, 2.24) is 4.57 Å². The minimum Gasteiger partial charge on any atom is -0.408 e. The Kier molecular flexibility index (Phi) is 3.03. The third kappa shape index (κ3) is 1.99. The van der Waals surface area contributed by atoms with E-state index in [2.05, 4.69) is 19.9 Å². The highest BCUT2D eigenvalue weighted by Crippen LogP contribution is 2.30. The third-order valence-electron chi connectivity index (χ3n) is 3.67. The van der Waals surface area contributed by atoms with E-state index in [9.17, 15) is 4.79 Å². The highest BCUT2D eigenvalue weighted by molar-refractivity contribution is 7.12. The van der Waals surface area contributed by atoms with E-state index >= 15 is 0 Å².